The third kappa shape index (κ3) is 4.93. The molecule has 3 atom stereocenters. The van der Waals surface area contributed by atoms with Crippen molar-refractivity contribution in [2.24, 2.45) is 11.8 Å². The number of rotatable bonds is 5. The number of anilines is 2. The summed E-state index contributed by atoms with van der Waals surface area (Å²) >= 11 is 0. The Balaban J connectivity index is 1.28. The van der Waals surface area contributed by atoms with Gasteiger partial charge in [-0.2, -0.15) is 0 Å². The molecule has 2 aliphatic rings. The zero-order valence-electron chi connectivity index (χ0n) is 20.2. The number of amides is 2. The molecule has 2 aromatic carbocycles. The van der Waals surface area contributed by atoms with E-state index in [9.17, 15) is 14.4 Å². The van der Waals surface area contributed by atoms with Crippen LogP contribution in [0.2, 0.25) is 0 Å². The molecule has 1 heterocycles. The Morgan fingerprint density at radius 1 is 0.944 bits per heavy atom. The van der Waals surface area contributed by atoms with E-state index in [0.717, 1.165) is 27.6 Å². The first-order valence-corrected chi connectivity index (χ1v) is 12.2. The third-order valence-electron chi connectivity index (χ3n) is 7.09. The molecule has 0 aliphatic heterocycles. The van der Waals surface area contributed by atoms with E-state index in [2.05, 4.69) is 22.2 Å². The Morgan fingerprint density at radius 3 is 2.50 bits per heavy atom. The second-order valence-electron chi connectivity index (χ2n) is 9.72. The predicted molar refractivity (Wildman–Crippen MR) is 143 cm³/mol. The summed E-state index contributed by atoms with van der Waals surface area (Å²) in [5.74, 6) is -1.22. The van der Waals surface area contributed by atoms with Gasteiger partial charge < -0.3 is 15.6 Å². The minimum Gasteiger partial charge on any atom is -0.361 e. The number of carbonyl (C=O) groups is 3. The Bertz CT molecular complexity index is 1430. The van der Waals surface area contributed by atoms with Crippen LogP contribution in [0.4, 0.5) is 11.4 Å². The van der Waals surface area contributed by atoms with Crippen LogP contribution in [0.15, 0.2) is 85.1 Å². The molecular weight excluding hydrogens is 450 g/mol. The van der Waals surface area contributed by atoms with Gasteiger partial charge in [0.15, 0.2) is 5.78 Å². The lowest BCUT2D eigenvalue weighted by atomic mass is 9.92. The smallest absolute Gasteiger partial charge is 0.228 e. The van der Waals surface area contributed by atoms with E-state index in [4.69, 9.17) is 0 Å². The fourth-order valence-electron chi connectivity index (χ4n) is 5.13. The van der Waals surface area contributed by atoms with Crippen LogP contribution in [0.3, 0.4) is 0 Å². The number of benzene rings is 2. The van der Waals surface area contributed by atoms with Gasteiger partial charge in [0, 0.05) is 35.4 Å². The largest absolute Gasteiger partial charge is 0.361 e. The quantitative estimate of drug-likeness (QED) is 0.404. The van der Waals surface area contributed by atoms with E-state index in [1.165, 1.54) is 0 Å². The van der Waals surface area contributed by atoms with Gasteiger partial charge in [-0.3, -0.25) is 14.4 Å². The van der Waals surface area contributed by atoms with Crippen LogP contribution in [-0.4, -0.2) is 22.6 Å². The molecule has 1 aromatic heterocycles. The summed E-state index contributed by atoms with van der Waals surface area (Å²) in [6.07, 6.45) is 10.5. The maximum absolute atomic E-state index is 13.3. The first-order chi connectivity index (χ1) is 17.4. The van der Waals surface area contributed by atoms with Crippen LogP contribution in [-0.2, 0) is 14.4 Å². The topological polar surface area (TPSA) is 91.1 Å². The van der Waals surface area contributed by atoms with Crippen molar-refractivity contribution in [3.63, 3.8) is 0 Å². The number of aromatic amines is 1. The molecule has 2 aliphatic carbocycles. The monoisotopic (exact) mass is 479 g/mol. The number of fused-ring (bicyclic) bond motifs is 1. The molecule has 3 aromatic rings. The van der Waals surface area contributed by atoms with Gasteiger partial charge in [-0.1, -0.05) is 48.6 Å². The van der Waals surface area contributed by atoms with Gasteiger partial charge in [0.25, 0.3) is 0 Å². The van der Waals surface area contributed by atoms with E-state index in [-0.39, 0.29) is 23.5 Å². The maximum atomic E-state index is 13.3. The molecule has 1 saturated carbocycles. The van der Waals surface area contributed by atoms with E-state index in [1.54, 1.807) is 12.2 Å². The number of ketones is 1. The molecule has 2 amide bonds. The molecule has 0 saturated heterocycles. The summed E-state index contributed by atoms with van der Waals surface area (Å²) < 4.78 is 0. The maximum Gasteiger partial charge on any atom is 0.228 e. The highest BCUT2D eigenvalue weighted by molar-refractivity contribution is 6.01. The lowest BCUT2D eigenvalue weighted by molar-refractivity contribution is -0.128. The van der Waals surface area contributed by atoms with Gasteiger partial charge in [-0.15, -0.1) is 0 Å². The average Bonchev–Trinajstić information content (AvgIpc) is 3.42. The summed E-state index contributed by atoms with van der Waals surface area (Å²) in [5, 5.41) is 7.08. The fraction of sp³-hybridized carbons (Fsp3) is 0.233. The Hall–Kier alpha value is -4.19. The van der Waals surface area contributed by atoms with Crippen LogP contribution in [0.5, 0.6) is 0 Å². The molecule has 3 N–H and O–H groups in total. The van der Waals surface area contributed by atoms with Crippen molar-refractivity contribution < 1.29 is 14.4 Å². The highest BCUT2D eigenvalue weighted by Crippen LogP contribution is 2.37. The van der Waals surface area contributed by atoms with Gasteiger partial charge in [0.1, 0.15) is 0 Å². The van der Waals surface area contributed by atoms with E-state index in [0.29, 0.717) is 30.6 Å². The summed E-state index contributed by atoms with van der Waals surface area (Å²) in [6, 6.07) is 13.5. The number of hydrogen-bond donors (Lipinski definition) is 3. The summed E-state index contributed by atoms with van der Waals surface area (Å²) in [5.41, 5.74) is 5.19. The van der Waals surface area contributed by atoms with E-state index in [1.807, 2.05) is 67.7 Å². The Morgan fingerprint density at radius 2 is 1.72 bits per heavy atom. The number of aromatic nitrogens is 1. The number of H-pyrrole nitrogens is 1. The van der Waals surface area contributed by atoms with Gasteiger partial charge in [-0.05, 0) is 66.6 Å². The van der Waals surface area contributed by atoms with Crippen LogP contribution < -0.4 is 10.6 Å². The van der Waals surface area contributed by atoms with Crippen molar-refractivity contribution in [1.82, 2.24) is 4.98 Å². The van der Waals surface area contributed by atoms with Gasteiger partial charge in [0.05, 0.1) is 11.8 Å². The number of allylic oxidation sites excluding steroid dienone is 5. The van der Waals surface area contributed by atoms with E-state index < -0.39 is 11.8 Å². The second kappa shape index (κ2) is 9.82. The Kier molecular flexibility index (Phi) is 6.42. The minimum atomic E-state index is -0.487. The van der Waals surface area contributed by atoms with Crippen LogP contribution >= 0.6 is 0 Å². The van der Waals surface area contributed by atoms with Crippen LogP contribution in [0.25, 0.3) is 10.9 Å². The minimum absolute atomic E-state index is 0.00684. The highest BCUT2D eigenvalue weighted by Gasteiger charge is 2.39. The Labute approximate surface area is 210 Å². The molecule has 0 spiro atoms. The number of aryl methyl sites for hydroxylation is 1. The van der Waals surface area contributed by atoms with Crippen molar-refractivity contribution in [2.75, 3.05) is 10.6 Å². The number of carbonyl (C=O) groups excluding carboxylic acids is 3. The number of hydrogen-bond acceptors (Lipinski definition) is 3. The van der Waals surface area contributed by atoms with Gasteiger partial charge in [-0.25, -0.2) is 0 Å². The predicted octanol–water partition coefficient (Wildman–Crippen LogP) is 5.80. The summed E-state index contributed by atoms with van der Waals surface area (Å²) in [7, 11) is 0. The van der Waals surface area contributed by atoms with Crippen molar-refractivity contribution in [2.45, 2.75) is 32.1 Å². The SMILES string of the molecule is C=C1C[C@H](C(=O)Nc2ccc3cc[nH]c3c2)[C@@H](C(=O)Nc2ccc(C3C=CC=CC(=O)C3)cc2C)C1. The molecule has 6 heteroatoms. The van der Waals surface area contributed by atoms with E-state index >= 15 is 0 Å². The third-order valence-corrected chi connectivity index (χ3v) is 7.09. The van der Waals surface area contributed by atoms with Gasteiger partial charge >= 0.3 is 0 Å². The highest BCUT2D eigenvalue weighted by atomic mass is 16.2. The molecule has 0 radical (unpaired) electrons. The van der Waals surface area contributed by atoms with Gasteiger partial charge in [0.2, 0.25) is 11.8 Å². The molecule has 1 fully saturated rings. The first-order valence-electron chi connectivity index (χ1n) is 12.2. The molecule has 5 rings (SSSR count). The van der Waals surface area contributed by atoms with Crippen molar-refractivity contribution in [1.29, 1.82) is 0 Å². The summed E-state index contributed by atoms with van der Waals surface area (Å²) in [6.45, 7) is 6.00. The summed E-state index contributed by atoms with van der Waals surface area (Å²) in [4.78, 5) is 41.6. The average molecular weight is 480 g/mol. The lowest BCUT2D eigenvalue weighted by Gasteiger charge is -2.20. The standard InChI is InChI=1S/C30H29N3O3/c1-18-13-25(29(35)32-23-9-7-20-11-12-31-28(20)17-23)26(14-18)30(36)33-27-10-8-22(15-19(27)2)21-5-3-4-6-24(34)16-21/h3-12,15,17,21,25-26,31H,1,13-14,16H2,2H3,(H,32,35)(H,33,36)/t21?,25-,26-/m0/s1. The lowest BCUT2D eigenvalue weighted by Crippen LogP contribution is -2.33. The van der Waals surface area contributed by atoms with Crippen molar-refractivity contribution >= 4 is 39.9 Å². The molecule has 1 unspecified atom stereocenters. The number of nitrogens with one attached hydrogen (secondary N) is 3. The fourth-order valence-corrected chi connectivity index (χ4v) is 5.13. The second-order valence-corrected chi connectivity index (χ2v) is 9.72. The molecule has 36 heavy (non-hydrogen) atoms. The first kappa shape index (κ1) is 23.5. The van der Waals surface area contributed by atoms with Crippen molar-refractivity contribution in [3.05, 3.63) is 96.2 Å². The molecular formula is C30H29N3O3. The van der Waals surface area contributed by atoms with Crippen molar-refractivity contribution in [3.8, 4) is 0 Å². The molecule has 0 bridgehead atoms. The zero-order chi connectivity index (χ0) is 25.2. The van der Waals surface area contributed by atoms with Crippen LogP contribution in [0, 0.1) is 18.8 Å². The van der Waals surface area contributed by atoms with Crippen LogP contribution in [0.1, 0.15) is 36.3 Å². The molecule has 182 valence electrons. The normalized spacial score (nSPS) is 21.5. The zero-order valence-corrected chi connectivity index (χ0v) is 20.2. The molecule has 6 nitrogen and oxygen atoms in total.